The first-order valence-corrected chi connectivity index (χ1v) is 5.64. The number of rotatable bonds is 4. The highest BCUT2D eigenvalue weighted by Gasteiger charge is 2.22. The lowest BCUT2D eigenvalue weighted by Crippen LogP contribution is -2.28. The van der Waals surface area contributed by atoms with Gasteiger partial charge < -0.3 is 10.8 Å². The van der Waals surface area contributed by atoms with Gasteiger partial charge in [-0.25, -0.2) is 0 Å². The Kier molecular flexibility index (Phi) is 3.07. The van der Waals surface area contributed by atoms with Crippen LogP contribution in [0.5, 0.6) is 0 Å². The molecule has 2 rings (SSSR count). The van der Waals surface area contributed by atoms with E-state index >= 15 is 0 Å². The molecule has 0 spiro atoms. The summed E-state index contributed by atoms with van der Waals surface area (Å²) < 4.78 is 1.90. The van der Waals surface area contributed by atoms with Crippen LogP contribution >= 0.6 is 0 Å². The van der Waals surface area contributed by atoms with Crippen molar-refractivity contribution in [2.75, 3.05) is 0 Å². The Morgan fingerprint density at radius 3 is 2.93 bits per heavy atom. The smallest absolute Gasteiger partial charge is 0.110 e. The SMILES string of the molecule is CC(N)C(O)c1ccnn1CC1CCC1. The molecule has 2 unspecified atom stereocenters. The fourth-order valence-corrected chi connectivity index (χ4v) is 1.94. The van der Waals surface area contributed by atoms with Crippen molar-refractivity contribution in [2.45, 2.75) is 44.9 Å². The molecule has 0 aliphatic heterocycles. The van der Waals surface area contributed by atoms with E-state index in [1.54, 1.807) is 6.20 Å². The largest absolute Gasteiger partial charge is 0.385 e. The summed E-state index contributed by atoms with van der Waals surface area (Å²) in [6, 6.07) is 1.61. The van der Waals surface area contributed by atoms with Crippen molar-refractivity contribution in [1.29, 1.82) is 0 Å². The Morgan fingerprint density at radius 1 is 1.67 bits per heavy atom. The number of hydrogen-bond acceptors (Lipinski definition) is 3. The Balaban J connectivity index is 2.06. The lowest BCUT2D eigenvalue weighted by Gasteiger charge is -2.26. The number of nitrogens with zero attached hydrogens (tertiary/aromatic N) is 2. The molecule has 0 saturated heterocycles. The monoisotopic (exact) mass is 209 g/mol. The van der Waals surface area contributed by atoms with Crippen LogP contribution in [0.3, 0.4) is 0 Å². The third-order valence-electron chi connectivity index (χ3n) is 3.21. The third kappa shape index (κ3) is 2.21. The molecule has 4 heteroatoms. The molecule has 84 valence electrons. The number of hydrogen-bond donors (Lipinski definition) is 2. The molecule has 2 atom stereocenters. The molecule has 0 aromatic carbocycles. The maximum absolute atomic E-state index is 9.89. The van der Waals surface area contributed by atoms with Crippen LogP contribution in [0, 0.1) is 5.92 Å². The molecule has 1 aromatic rings. The lowest BCUT2D eigenvalue weighted by atomic mass is 9.85. The van der Waals surface area contributed by atoms with Crippen LogP contribution in [0.1, 0.15) is 38.0 Å². The highest BCUT2D eigenvalue weighted by atomic mass is 16.3. The maximum Gasteiger partial charge on any atom is 0.110 e. The normalized spacial score (nSPS) is 21.0. The molecule has 3 N–H and O–H groups in total. The second-order valence-electron chi connectivity index (χ2n) is 4.54. The first-order valence-electron chi connectivity index (χ1n) is 5.64. The van der Waals surface area contributed by atoms with E-state index in [-0.39, 0.29) is 6.04 Å². The zero-order chi connectivity index (χ0) is 10.8. The van der Waals surface area contributed by atoms with Gasteiger partial charge in [0.05, 0.1) is 5.69 Å². The van der Waals surface area contributed by atoms with Crippen LogP contribution in [0.25, 0.3) is 0 Å². The molecule has 0 amide bonds. The summed E-state index contributed by atoms with van der Waals surface area (Å²) in [6.07, 6.45) is 5.03. The topological polar surface area (TPSA) is 64.1 Å². The van der Waals surface area contributed by atoms with E-state index in [9.17, 15) is 5.11 Å². The molecule has 0 bridgehead atoms. The van der Waals surface area contributed by atoms with Gasteiger partial charge in [0.25, 0.3) is 0 Å². The van der Waals surface area contributed by atoms with Crippen molar-refractivity contribution >= 4 is 0 Å². The highest BCUT2D eigenvalue weighted by Crippen LogP contribution is 2.28. The number of aliphatic hydroxyl groups is 1. The van der Waals surface area contributed by atoms with E-state index in [0.717, 1.165) is 18.2 Å². The Hall–Kier alpha value is -0.870. The second-order valence-corrected chi connectivity index (χ2v) is 4.54. The maximum atomic E-state index is 9.89. The standard InChI is InChI=1S/C11H19N3O/c1-8(12)11(15)10-5-6-13-14(10)7-9-3-2-4-9/h5-6,8-9,11,15H,2-4,7,12H2,1H3. The Bertz CT molecular complexity index is 317. The van der Waals surface area contributed by atoms with Crippen molar-refractivity contribution in [3.63, 3.8) is 0 Å². The van der Waals surface area contributed by atoms with Crippen molar-refractivity contribution < 1.29 is 5.11 Å². The van der Waals surface area contributed by atoms with E-state index in [1.165, 1.54) is 19.3 Å². The zero-order valence-electron chi connectivity index (χ0n) is 9.13. The van der Waals surface area contributed by atoms with Gasteiger partial charge in [-0.15, -0.1) is 0 Å². The summed E-state index contributed by atoms with van der Waals surface area (Å²) in [6.45, 7) is 2.73. The van der Waals surface area contributed by atoms with Crippen molar-refractivity contribution in [2.24, 2.45) is 11.7 Å². The number of aliphatic hydroxyl groups excluding tert-OH is 1. The fourth-order valence-electron chi connectivity index (χ4n) is 1.94. The lowest BCUT2D eigenvalue weighted by molar-refractivity contribution is 0.138. The summed E-state index contributed by atoms with van der Waals surface area (Å²) >= 11 is 0. The van der Waals surface area contributed by atoms with Crippen LogP contribution in [0.2, 0.25) is 0 Å². The van der Waals surface area contributed by atoms with E-state index in [0.29, 0.717) is 0 Å². The summed E-state index contributed by atoms with van der Waals surface area (Å²) in [4.78, 5) is 0. The van der Waals surface area contributed by atoms with E-state index in [4.69, 9.17) is 5.73 Å². The second kappa shape index (κ2) is 4.33. The van der Waals surface area contributed by atoms with Crippen LogP contribution in [0.15, 0.2) is 12.3 Å². The van der Waals surface area contributed by atoms with Gasteiger partial charge >= 0.3 is 0 Å². The minimum atomic E-state index is -0.604. The molecule has 1 heterocycles. The zero-order valence-corrected chi connectivity index (χ0v) is 9.13. The van der Waals surface area contributed by atoms with Crippen molar-refractivity contribution in [3.05, 3.63) is 18.0 Å². The molecule has 1 fully saturated rings. The minimum Gasteiger partial charge on any atom is -0.385 e. The average Bonchev–Trinajstić information content (AvgIpc) is 2.57. The number of nitrogens with two attached hydrogens (primary N) is 1. The van der Waals surface area contributed by atoms with Gasteiger partial charge in [0, 0.05) is 18.8 Å². The summed E-state index contributed by atoms with van der Waals surface area (Å²) in [5.41, 5.74) is 6.53. The first-order chi connectivity index (χ1) is 7.18. The van der Waals surface area contributed by atoms with Crippen molar-refractivity contribution in [1.82, 2.24) is 9.78 Å². The quantitative estimate of drug-likeness (QED) is 0.779. The van der Waals surface area contributed by atoms with Gasteiger partial charge in [-0.3, -0.25) is 4.68 Å². The van der Waals surface area contributed by atoms with Gasteiger partial charge in [0.2, 0.25) is 0 Å². The van der Waals surface area contributed by atoms with Crippen LogP contribution in [-0.4, -0.2) is 20.9 Å². The van der Waals surface area contributed by atoms with E-state index in [1.807, 2.05) is 17.7 Å². The van der Waals surface area contributed by atoms with E-state index < -0.39 is 6.10 Å². The Labute approximate surface area is 90.1 Å². The first kappa shape index (κ1) is 10.6. The summed E-state index contributed by atoms with van der Waals surface area (Å²) in [5, 5.41) is 14.1. The summed E-state index contributed by atoms with van der Waals surface area (Å²) in [5.74, 6) is 0.740. The van der Waals surface area contributed by atoms with Gasteiger partial charge in [0.1, 0.15) is 6.10 Å². The van der Waals surface area contributed by atoms with Crippen LogP contribution in [0.4, 0.5) is 0 Å². The molecule has 15 heavy (non-hydrogen) atoms. The molecule has 1 aliphatic rings. The van der Waals surface area contributed by atoms with Gasteiger partial charge in [0.15, 0.2) is 0 Å². The molecular formula is C11H19N3O. The van der Waals surface area contributed by atoms with Gasteiger partial charge in [-0.05, 0) is 31.7 Å². The Morgan fingerprint density at radius 2 is 2.40 bits per heavy atom. The van der Waals surface area contributed by atoms with Gasteiger partial charge in [-0.1, -0.05) is 6.42 Å². The third-order valence-corrected chi connectivity index (χ3v) is 3.21. The van der Waals surface area contributed by atoms with Crippen LogP contribution in [-0.2, 0) is 6.54 Å². The summed E-state index contributed by atoms with van der Waals surface area (Å²) in [7, 11) is 0. The van der Waals surface area contributed by atoms with Gasteiger partial charge in [-0.2, -0.15) is 5.10 Å². The van der Waals surface area contributed by atoms with Crippen LogP contribution < -0.4 is 5.73 Å². The molecular weight excluding hydrogens is 190 g/mol. The van der Waals surface area contributed by atoms with Crippen molar-refractivity contribution in [3.8, 4) is 0 Å². The molecule has 1 saturated carbocycles. The van der Waals surface area contributed by atoms with E-state index in [2.05, 4.69) is 5.10 Å². The highest BCUT2D eigenvalue weighted by molar-refractivity contribution is 5.06. The predicted octanol–water partition coefficient (Wildman–Crippen LogP) is 1.06. The predicted molar refractivity (Wildman–Crippen MR) is 58.2 cm³/mol. The number of aromatic nitrogens is 2. The molecule has 1 aromatic heterocycles. The molecule has 0 radical (unpaired) electrons. The minimum absolute atomic E-state index is 0.248. The fraction of sp³-hybridized carbons (Fsp3) is 0.727. The average molecular weight is 209 g/mol. The molecule has 4 nitrogen and oxygen atoms in total. The molecule has 1 aliphatic carbocycles.